The van der Waals surface area contributed by atoms with E-state index in [1.165, 1.54) is 0 Å². The molecule has 0 saturated heterocycles. The van der Waals surface area contributed by atoms with Crippen LogP contribution in [0, 0.1) is 0 Å². The molecule has 0 saturated carbocycles. The van der Waals surface area contributed by atoms with Gasteiger partial charge in [0.25, 0.3) is 5.91 Å². The summed E-state index contributed by atoms with van der Waals surface area (Å²) in [6, 6.07) is 14.8. The van der Waals surface area contributed by atoms with E-state index in [1.54, 1.807) is 33.3 Å². The Balaban J connectivity index is 1.99. The first-order chi connectivity index (χ1) is 12.5. The first kappa shape index (κ1) is 17.7. The van der Waals surface area contributed by atoms with Crippen LogP contribution in [0.25, 0.3) is 0 Å². The number of aliphatic imine (C=N–C) groups is 1. The van der Waals surface area contributed by atoms with Crippen LogP contribution in [0.3, 0.4) is 0 Å². The van der Waals surface area contributed by atoms with E-state index in [1.807, 2.05) is 42.5 Å². The lowest BCUT2D eigenvalue weighted by Crippen LogP contribution is -2.40. The Hall–Kier alpha value is -3.08. The van der Waals surface area contributed by atoms with Crippen molar-refractivity contribution in [3.05, 3.63) is 72.3 Å². The molecule has 134 valence electrons. The average molecular weight is 351 g/mol. The molecule has 0 aliphatic carbocycles. The summed E-state index contributed by atoms with van der Waals surface area (Å²) in [5, 5.41) is 0. The van der Waals surface area contributed by atoms with Gasteiger partial charge in [0, 0.05) is 17.2 Å². The molecule has 26 heavy (non-hydrogen) atoms. The minimum absolute atomic E-state index is 0.317. The van der Waals surface area contributed by atoms with Gasteiger partial charge in [0.2, 0.25) is 5.90 Å². The highest BCUT2D eigenvalue weighted by molar-refractivity contribution is 6.09. The van der Waals surface area contributed by atoms with Gasteiger partial charge in [0.05, 0.1) is 20.1 Å². The maximum atomic E-state index is 12.8. The quantitative estimate of drug-likeness (QED) is 0.744. The van der Waals surface area contributed by atoms with Crippen molar-refractivity contribution in [3.8, 4) is 11.5 Å². The van der Waals surface area contributed by atoms with E-state index in [2.05, 4.69) is 11.6 Å². The first-order valence-corrected chi connectivity index (χ1v) is 8.25. The van der Waals surface area contributed by atoms with E-state index in [0.717, 1.165) is 11.1 Å². The molecule has 1 amide bonds. The summed E-state index contributed by atoms with van der Waals surface area (Å²) in [6.45, 7) is 5.63. The van der Waals surface area contributed by atoms with Gasteiger partial charge in [-0.2, -0.15) is 4.99 Å². The van der Waals surface area contributed by atoms with Gasteiger partial charge in [-0.15, -0.1) is 6.58 Å². The number of nitrogens with zero attached hydrogens (tertiary/aromatic N) is 1. The van der Waals surface area contributed by atoms with Crippen LogP contribution >= 0.6 is 0 Å². The predicted octanol–water partition coefficient (Wildman–Crippen LogP) is 3.74. The molecule has 0 fully saturated rings. The lowest BCUT2D eigenvalue weighted by molar-refractivity contribution is -0.130. The summed E-state index contributed by atoms with van der Waals surface area (Å²) in [5.74, 6) is 0.788. The van der Waals surface area contributed by atoms with Crippen molar-refractivity contribution in [3.63, 3.8) is 0 Å². The Kier molecular flexibility index (Phi) is 4.80. The molecule has 0 radical (unpaired) electrons. The Morgan fingerprint density at radius 2 is 1.88 bits per heavy atom. The minimum atomic E-state index is -1.20. The molecule has 3 rings (SSSR count). The third-order valence-electron chi connectivity index (χ3n) is 4.56. The maximum Gasteiger partial charge on any atom is 0.293 e. The summed E-state index contributed by atoms with van der Waals surface area (Å²) < 4.78 is 16.8. The average Bonchev–Trinajstić information content (AvgIpc) is 2.98. The highest BCUT2D eigenvalue weighted by Crippen LogP contribution is 2.42. The van der Waals surface area contributed by atoms with Crippen molar-refractivity contribution in [2.45, 2.75) is 18.4 Å². The third kappa shape index (κ3) is 2.96. The molecular weight excluding hydrogens is 330 g/mol. The summed E-state index contributed by atoms with van der Waals surface area (Å²) in [5.41, 5.74) is 0.340. The highest BCUT2D eigenvalue weighted by atomic mass is 16.5. The number of carbonyl (C=O) groups is 1. The van der Waals surface area contributed by atoms with E-state index in [0.29, 0.717) is 17.4 Å². The maximum absolute atomic E-state index is 12.8. The summed E-state index contributed by atoms with van der Waals surface area (Å²) in [7, 11) is 3.16. The molecule has 2 atom stereocenters. The van der Waals surface area contributed by atoms with Crippen LogP contribution in [0.4, 0.5) is 0 Å². The fourth-order valence-electron chi connectivity index (χ4n) is 3.10. The van der Waals surface area contributed by atoms with Gasteiger partial charge in [0.1, 0.15) is 11.5 Å². The predicted molar refractivity (Wildman–Crippen MR) is 100.0 cm³/mol. The molecule has 0 unspecified atom stereocenters. The largest absolute Gasteiger partial charge is 0.497 e. The first-order valence-electron chi connectivity index (χ1n) is 8.25. The van der Waals surface area contributed by atoms with Crippen LogP contribution < -0.4 is 9.47 Å². The monoisotopic (exact) mass is 351 g/mol. The number of hydrogen-bond donors (Lipinski definition) is 0. The van der Waals surface area contributed by atoms with E-state index < -0.39 is 11.5 Å². The number of benzene rings is 2. The van der Waals surface area contributed by atoms with Gasteiger partial charge >= 0.3 is 0 Å². The zero-order valence-electron chi connectivity index (χ0n) is 15.1. The zero-order valence-corrected chi connectivity index (χ0v) is 15.1. The second-order valence-electron chi connectivity index (χ2n) is 6.12. The molecule has 5 heteroatoms. The van der Waals surface area contributed by atoms with E-state index in [4.69, 9.17) is 14.2 Å². The van der Waals surface area contributed by atoms with Crippen molar-refractivity contribution in [2.24, 2.45) is 4.99 Å². The second kappa shape index (κ2) is 7.04. The van der Waals surface area contributed by atoms with Crippen molar-refractivity contribution in [1.29, 1.82) is 0 Å². The Morgan fingerprint density at radius 3 is 2.50 bits per heavy atom. The highest BCUT2D eigenvalue weighted by Gasteiger charge is 2.49. The van der Waals surface area contributed by atoms with Crippen molar-refractivity contribution >= 4 is 11.8 Å². The van der Waals surface area contributed by atoms with Crippen LogP contribution in [-0.4, -0.2) is 31.6 Å². The van der Waals surface area contributed by atoms with E-state index >= 15 is 0 Å². The fraction of sp³-hybridized carbons (Fsp3) is 0.238. The standard InChI is InChI=1S/C21H21NO4/c1-5-17(16-12-11-15(24-3)13-18(16)25-4)21(2)20(23)22-19(26-21)14-9-7-6-8-10-14/h5-13,17H,1H2,2-4H3/t17-,21+/m0/s1. The molecule has 1 aliphatic heterocycles. The number of ether oxygens (including phenoxy) is 3. The van der Waals surface area contributed by atoms with Gasteiger partial charge in [-0.1, -0.05) is 30.3 Å². The fourth-order valence-corrected chi connectivity index (χ4v) is 3.10. The lowest BCUT2D eigenvalue weighted by Gasteiger charge is -2.30. The summed E-state index contributed by atoms with van der Waals surface area (Å²) >= 11 is 0. The smallest absolute Gasteiger partial charge is 0.293 e. The Morgan fingerprint density at radius 1 is 1.15 bits per heavy atom. The molecule has 1 heterocycles. The molecule has 0 N–H and O–H groups in total. The van der Waals surface area contributed by atoms with E-state index in [9.17, 15) is 4.79 Å². The van der Waals surface area contributed by atoms with Crippen LogP contribution in [0.1, 0.15) is 24.0 Å². The van der Waals surface area contributed by atoms with Crippen molar-refractivity contribution < 1.29 is 19.0 Å². The molecule has 1 aliphatic rings. The van der Waals surface area contributed by atoms with Gasteiger partial charge in [-0.3, -0.25) is 4.79 Å². The van der Waals surface area contributed by atoms with Crippen LogP contribution in [0.2, 0.25) is 0 Å². The lowest BCUT2D eigenvalue weighted by atomic mass is 9.82. The number of carbonyl (C=O) groups excluding carboxylic acids is 1. The van der Waals surface area contributed by atoms with E-state index in [-0.39, 0.29) is 5.91 Å². The number of rotatable bonds is 6. The van der Waals surface area contributed by atoms with Crippen LogP contribution in [0.5, 0.6) is 11.5 Å². The molecule has 0 aromatic heterocycles. The molecule has 2 aromatic rings. The normalized spacial score (nSPS) is 20.1. The third-order valence-corrected chi connectivity index (χ3v) is 4.56. The molecule has 5 nitrogen and oxygen atoms in total. The number of methoxy groups -OCH3 is 2. The van der Waals surface area contributed by atoms with Gasteiger partial charge in [0.15, 0.2) is 5.60 Å². The summed E-state index contributed by atoms with van der Waals surface area (Å²) in [4.78, 5) is 16.9. The van der Waals surface area contributed by atoms with Crippen molar-refractivity contribution in [1.82, 2.24) is 0 Å². The number of amides is 1. The SMILES string of the molecule is C=C[C@@H](c1ccc(OC)cc1OC)[C@@]1(C)OC(c2ccccc2)=NC1=O. The number of hydrogen-bond acceptors (Lipinski definition) is 4. The molecule has 0 bridgehead atoms. The second-order valence-corrected chi connectivity index (χ2v) is 6.12. The Labute approximate surface area is 152 Å². The van der Waals surface area contributed by atoms with Crippen molar-refractivity contribution in [2.75, 3.05) is 14.2 Å². The van der Waals surface area contributed by atoms with Gasteiger partial charge in [-0.05, 0) is 25.1 Å². The molecule has 2 aromatic carbocycles. The molecule has 0 spiro atoms. The topological polar surface area (TPSA) is 57.1 Å². The van der Waals surface area contributed by atoms with Gasteiger partial charge in [-0.25, -0.2) is 0 Å². The van der Waals surface area contributed by atoms with Crippen LogP contribution in [0.15, 0.2) is 66.2 Å². The Bertz CT molecular complexity index is 860. The zero-order chi connectivity index (χ0) is 18.7. The molecular formula is C21H21NO4. The summed E-state index contributed by atoms with van der Waals surface area (Å²) in [6.07, 6.45) is 1.69. The van der Waals surface area contributed by atoms with Gasteiger partial charge < -0.3 is 14.2 Å². The minimum Gasteiger partial charge on any atom is -0.497 e. The van der Waals surface area contributed by atoms with Crippen LogP contribution in [-0.2, 0) is 9.53 Å².